The Morgan fingerprint density at radius 2 is 0.941 bits per heavy atom. The van der Waals surface area contributed by atoms with Gasteiger partial charge in [0.1, 0.15) is 26.2 Å². The fraction of sp³-hybridized carbons (Fsp3) is 0.500. The van der Waals surface area contributed by atoms with Crippen molar-refractivity contribution < 1.29 is 133 Å². The molecule has 2 N–H and O–H groups in total. The van der Waals surface area contributed by atoms with Crippen molar-refractivity contribution in [3.05, 3.63) is 88.5 Å². The van der Waals surface area contributed by atoms with Gasteiger partial charge < -0.3 is 133 Å². The Balaban J connectivity index is 0.00000578. The Kier molecular flexibility index (Phi) is 23.9. The summed E-state index contributed by atoms with van der Waals surface area (Å²) in [5.41, 5.74) is 14.7. The number of carbonyl (C=O) groups excluding carboxylic acids is 2. The Morgan fingerprint density at radius 3 is 1.41 bits per heavy atom. The molecule has 0 radical (unpaired) electrons. The van der Waals surface area contributed by atoms with Crippen molar-refractivity contribution in [1.82, 2.24) is 19.9 Å². The number of quaternary nitrogens is 4. The lowest BCUT2D eigenvalue weighted by molar-refractivity contribution is -0.895. The number of aryl methyl sites for hydroxylation is 3. The minimum atomic E-state index is -0.232. The number of hydrogen-bond acceptors (Lipinski definition) is 6. The molecule has 0 atom stereocenters. The van der Waals surface area contributed by atoms with Crippen molar-refractivity contribution in [2.75, 3.05) is 111 Å². The lowest BCUT2D eigenvalue weighted by atomic mass is 10.00. The highest BCUT2D eigenvalue weighted by Gasteiger charge is 2.30. The van der Waals surface area contributed by atoms with E-state index in [0.29, 0.717) is 57.0 Å². The number of esters is 2. The predicted molar refractivity (Wildman–Crippen MR) is 265 cm³/mol. The van der Waals surface area contributed by atoms with Crippen LogP contribution in [0.2, 0.25) is 0 Å². The maximum Gasteiger partial charge on any atom is 0.306 e. The van der Waals surface area contributed by atoms with Crippen molar-refractivity contribution in [2.24, 2.45) is 0 Å². The molecule has 2 aliphatic rings. The van der Waals surface area contributed by atoms with Gasteiger partial charge in [0.15, 0.2) is 12.2 Å². The van der Waals surface area contributed by atoms with Crippen molar-refractivity contribution in [3.8, 4) is 0 Å². The molecule has 0 saturated heterocycles. The minimum Gasteiger partial charge on any atom is -1.00 e. The normalized spacial score (nSPS) is 13.1. The highest BCUT2D eigenvalue weighted by molar-refractivity contribution is 5.98. The average molecular weight is 1390 g/mol. The van der Waals surface area contributed by atoms with Crippen LogP contribution in [0.4, 0.5) is 0 Å². The number of allylic oxidation sites excluding steroid dienone is 5. The van der Waals surface area contributed by atoms with Gasteiger partial charge in [0.25, 0.3) is 0 Å². The zero-order valence-corrected chi connectivity index (χ0v) is 52.1. The quantitative estimate of drug-likeness (QED) is 0.0766. The van der Waals surface area contributed by atoms with Gasteiger partial charge >= 0.3 is 11.9 Å². The largest absolute Gasteiger partial charge is 1.00 e. The molecule has 0 saturated carbocycles. The number of ether oxygens (including phenoxy) is 2. The Hall–Kier alpha value is -2.22. The number of nitrogens with one attached hydrogen (secondary N) is 2. The van der Waals surface area contributed by atoms with Crippen LogP contribution in [-0.4, -0.2) is 173 Å². The summed E-state index contributed by atoms with van der Waals surface area (Å²) in [4.78, 5) is 45.3. The summed E-state index contributed by atoms with van der Waals surface area (Å²) >= 11 is 0. The van der Waals surface area contributed by atoms with Gasteiger partial charge in [-0.15, -0.1) is 0 Å². The summed E-state index contributed by atoms with van der Waals surface area (Å²) in [6.07, 6.45) is 4.59. The minimum absolute atomic E-state index is 0. The van der Waals surface area contributed by atoms with E-state index in [4.69, 9.17) is 19.4 Å². The van der Waals surface area contributed by atoms with Gasteiger partial charge in [-0.05, 0) is 98.2 Å². The molecule has 378 valence electrons. The van der Waals surface area contributed by atoms with E-state index in [2.05, 4.69) is 160 Å². The van der Waals surface area contributed by atoms with Gasteiger partial charge in [-0.1, -0.05) is 25.3 Å². The van der Waals surface area contributed by atoms with Gasteiger partial charge in [0.2, 0.25) is 0 Å². The molecule has 3 aromatic rings. The summed E-state index contributed by atoms with van der Waals surface area (Å²) in [7, 11) is 25.5. The first-order chi connectivity index (χ1) is 29.5. The first-order valence-corrected chi connectivity index (χ1v) is 22.6. The summed E-state index contributed by atoms with van der Waals surface area (Å²) in [5, 5.41) is 0. The van der Waals surface area contributed by atoms with Gasteiger partial charge in [0, 0.05) is 46.0 Å². The van der Waals surface area contributed by atoms with Crippen LogP contribution in [0, 0.1) is 13.8 Å². The van der Waals surface area contributed by atoms with Crippen LogP contribution < -0.4 is 95.9 Å². The standard InChI is InChI=1S/C52H78N8O4.4HI/c1-19-39-33(3)43-25-44-35(5)41(21-23-51(61)63-37(29-57(7,8)9)30-58(10,11)12)49(55-44)28-50-42(22-24-52(62)64-38(31-59(13,14)15)32-60(16,17)18)36(6)46(56-50)27-48-40(20-2)34(4)45(54-48)26-47(39)53-43;;;;/h19-20,25-28,37-38,53,56H,1-2,21-24,29-32H2,3-18H3;4*1H/q+4;;;;/p-4. The van der Waals surface area contributed by atoms with Crippen molar-refractivity contribution >= 4 is 62.4 Å². The second kappa shape index (κ2) is 25.4. The van der Waals surface area contributed by atoms with Gasteiger partial charge in [-0.2, -0.15) is 0 Å². The number of halogens is 4. The topological polar surface area (TPSA) is 110 Å². The lowest BCUT2D eigenvalue weighted by Gasteiger charge is -2.33. The molecular weight excluding hydrogens is 1310 g/mol. The number of nitrogens with zero attached hydrogens (tertiary/aromatic N) is 6. The molecule has 0 amide bonds. The van der Waals surface area contributed by atoms with Crippen molar-refractivity contribution in [3.63, 3.8) is 0 Å². The highest BCUT2D eigenvalue weighted by atomic mass is 127. The van der Waals surface area contributed by atoms with Crippen LogP contribution in [0.1, 0.15) is 78.1 Å². The molecule has 5 rings (SSSR count). The number of carbonyl (C=O) groups is 2. The van der Waals surface area contributed by atoms with Crippen LogP contribution in [0.15, 0.2) is 43.5 Å². The number of H-pyrrole nitrogens is 2. The summed E-state index contributed by atoms with van der Waals surface area (Å²) in [6.45, 7) is 19.5. The molecule has 0 spiro atoms. The highest BCUT2D eigenvalue weighted by Crippen LogP contribution is 2.37. The zero-order valence-electron chi connectivity index (χ0n) is 43.5. The van der Waals surface area contributed by atoms with E-state index in [9.17, 15) is 9.59 Å². The number of rotatable bonds is 18. The van der Waals surface area contributed by atoms with Crippen LogP contribution in [0.5, 0.6) is 0 Å². The van der Waals surface area contributed by atoms with Gasteiger partial charge in [-0.3, -0.25) is 9.59 Å². The first kappa shape index (κ1) is 63.8. The number of aromatic amines is 2. The summed E-state index contributed by atoms with van der Waals surface area (Å²) < 4.78 is 15.2. The van der Waals surface area contributed by atoms with Gasteiger partial charge in [0.05, 0.1) is 107 Å². The summed E-state index contributed by atoms with van der Waals surface area (Å²) in [5.74, 6) is -0.454. The second-order valence-electron chi connectivity index (χ2n) is 22.1. The number of fused-ring (bicyclic) bond motifs is 8. The lowest BCUT2D eigenvalue weighted by Crippen LogP contribution is -3.00. The molecule has 5 heterocycles. The first-order valence-electron chi connectivity index (χ1n) is 22.6. The van der Waals surface area contributed by atoms with Crippen LogP contribution in [0.3, 0.4) is 0 Å². The van der Waals surface area contributed by atoms with E-state index in [1.54, 1.807) is 0 Å². The molecule has 0 unspecified atom stereocenters. The fourth-order valence-electron chi connectivity index (χ4n) is 8.96. The molecule has 0 fully saturated rings. The van der Waals surface area contributed by atoms with E-state index >= 15 is 0 Å². The van der Waals surface area contributed by atoms with Crippen LogP contribution in [0.25, 0.3) is 50.4 Å². The van der Waals surface area contributed by atoms with Crippen molar-refractivity contribution in [2.45, 2.75) is 65.6 Å². The third kappa shape index (κ3) is 17.5. The van der Waals surface area contributed by atoms with Gasteiger partial charge in [-0.25, -0.2) is 9.97 Å². The number of hydrogen-bond donors (Lipinski definition) is 2. The third-order valence-electron chi connectivity index (χ3n) is 11.8. The average Bonchev–Trinajstić information content (AvgIpc) is 3.79. The second-order valence-corrected chi connectivity index (χ2v) is 22.1. The Morgan fingerprint density at radius 1 is 0.544 bits per heavy atom. The van der Waals surface area contributed by atoms with E-state index in [1.807, 2.05) is 12.2 Å². The number of likely N-dealkylation sites (N-methyl/N-ethyl adjacent to an activating group) is 4. The Labute approximate surface area is 475 Å². The van der Waals surface area contributed by atoms with E-state index < -0.39 is 0 Å². The summed E-state index contributed by atoms with van der Waals surface area (Å²) in [6, 6.07) is 8.31. The smallest absolute Gasteiger partial charge is 0.306 e. The maximum absolute atomic E-state index is 13.8. The van der Waals surface area contributed by atoms with Crippen LogP contribution >= 0.6 is 0 Å². The molecule has 3 aromatic heterocycles. The molecule has 68 heavy (non-hydrogen) atoms. The third-order valence-corrected chi connectivity index (χ3v) is 11.8. The maximum atomic E-state index is 13.8. The Bertz CT molecular complexity index is 2520. The molecular formula is C52H78I4N8O4. The molecule has 8 bridgehead atoms. The monoisotopic (exact) mass is 1390 g/mol. The number of aromatic nitrogens is 4. The molecule has 16 heteroatoms. The predicted octanol–water partition coefficient (Wildman–Crippen LogP) is -4.00. The SMILES string of the molecule is C=CC1=C(C)c2cc3[nH]c(cc4nc(cc5[nH]c(cc1n2)c(C)c5CCC(=O)OC(C[N+](C)(C)C)C[N+](C)(C)C)C(CCC(=O)OC(C[N+](C)(C)C)C[N+](C)(C)C)=C4C)c(C)c3C=C.[I-].[I-].[I-].[I-]. The van der Waals surface area contributed by atoms with Crippen LogP contribution in [-0.2, 0) is 25.5 Å². The van der Waals surface area contributed by atoms with E-state index in [-0.39, 0.29) is 133 Å². The molecule has 0 aliphatic carbocycles. The fourth-order valence-corrected chi connectivity index (χ4v) is 8.96. The zero-order chi connectivity index (χ0) is 47.7. The molecule has 0 aromatic carbocycles. The van der Waals surface area contributed by atoms with E-state index in [0.717, 1.165) is 89.4 Å². The van der Waals surface area contributed by atoms with E-state index in [1.165, 1.54) is 0 Å². The molecule has 12 nitrogen and oxygen atoms in total. The molecule has 2 aliphatic heterocycles. The van der Waals surface area contributed by atoms with Crippen molar-refractivity contribution in [1.29, 1.82) is 0 Å².